The molecule has 0 spiro atoms. The van der Waals surface area contributed by atoms with E-state index in [0.717, 1.165) is 10.6 Å². The van der Waals surface area contributed by atoms with Crippen molar-refractivity contribution in [2.45, 2.75) is 13.0 Å². The maximum Gasteiger partial charge on any atom is 0.270 e. The first-order valence-corrected chi connectivity index (χ1v) is 6.52. The van der Waals surface area contributed by atoms with Crippen LogP contribution < -0.4 is 10.6 Å². The Hall–Kier alpha value is -1.08. The number of hydrogen-bond donors (Lipinski definition) is 2. The Labute approximate surface area is 134 Å². The largest absolute Gasteiger partial charge is 0.472 e. The number of carbonyl (C=O) groups is 1. The number of carbonyl (C=O) groups excluding carboxylic acids is 1. The van der Waals surface area contributed by atoms with Crippen LogP contribution in [0.3, 0.4) is 0 Å². The van der Waals surface area contributed by atoms with Gasteiger partial charge in [-0.15, -0.1) is 36.2 Å². The van der Waals surface area contributed by atoms with Crippen LogP contribution in [0, 0.1) is 0 Å². The second-order valence-corrected chi connectivity index (χ2v) is 4.81. The van der Waals surface area contributed by atoms with Gasteiger partial charge in [0.25, 0.3) is 5.91 Å². The van der Waals surface area contributed by atoms with Crippen LogP contribution >= 0.6 is 36.2 Å². The van der Waals surface area contributed by atoms with Crippen molar-refractivity contribution in [3.63, 3.8) is 0 Å². The van der Waals surface area contributed by atoms with E-state index in [0.29, 0.717) is 12.2 Å². The van der Waals surface area contributed by atoms with Gasteiger partial charge in [-0.1, -0.05) is 0 Å². The molecule has 0 fully saturated rings. The lowest BCUT2D eigenvalue weighted by Crippen LogP contribution is -2.37. The van der Waals surface area contributed by atoms with Gasteiger partial charge >= 0.3 is 0 Å². The SMILES string of the molecule is CNC(C)CNC(=O)c1csc(-c2ccoc2)n1.Cl.Cl. The summed E-state index contributed by atoms with van der Waals surface area (Å²) in [7, 11) is 1.86. The summed E-state index contributed by atoms with van der Waals surface area (Å²) in [5.74, 6) is -0.150. The quantitative estimate of drug-likeness (QED) is 0.879. The van der Waals surface area contributed by atoms with Crippen LogP contribution in [0.4, 0.5) is 0 Å². The molecule has 0 bridgehead atoms. The number of likely N-dealkylation sites (N-methyl/N-ethyl adjacent to an activating group) is 1. The molecule has 2 heterocycles. The topological polar surface area (TPSA) is 67.2 Å². The third-order valence-corrected chi connectivity index (χ3v) is 3.46. The fourth-order valence-corrected chi connectivity index (χ4v) is 2.12. The van der Waals surface area contributed by atoms with Gasteiger partial charge < -0.3 is 15.1 Å². The average Bonchev–Trinajstić information content (AvgIpc) is 3.04. The fourth-order valence-electron chi connectivity index (χ4n) is 1.34. The molecule has 2 aromatic heterocycles. The van der Waals surface area contributed by atoms with E-state index in [1.165, 1.54) is 11.3 Å². The fraction of sp³-hybridized carbons (Fsp3) is 0.333. The molecule has 1 unspecified atom stereocenters. The summed E-state index contributed by atoms with van der Waals surface area (Å²) >= 11 is 1.43. The number of amides is 1. The van der Waals surface area contributed by atoms with E-state index in [1.54, 1.807) is 17.9 Å². The van der Waals surface area contributed by atoms with Crippen molar-refractivity contribution in [2.24, 2.45) is 0 Å². The molecule has 1 amide bonds. The normalized spacial score (nSPS) is 11.1. The van der Waals surface area contributed by atoms with E-state index in [2.05, 4.69) is 15.6 Å². The maximum absolute atomic E-state index is 11.8. The molecule has 2 rings (SSSR count). The molecule has 20 heavy (non-hydrogen) atoms. The van der Waals surface area contributed by atoms with E-state index in [4.69, 9.17) is 4.42 Å². The van der Waals surface area contributed by atoms with Crippen LogP contribution in [0.15, 0.2) is 28.4 Å². The zero-order valence-electron chi connectivity index (χ0n) is 11.1. The molecule has 0 aliphatic heterocycles. The van der Waals surface area contributed by atoms with Gasteiger partial charge in [0.15, 0.2) is 0 Å². The van der Waals surface area contributed by atoms with Crippen LogP contribution in [-0.2, 0) is 0 Å². The number of halogens is 2. The molecular weight excluding hydrogens is 321 g/mol. The molecule has 8 heteroatoms. The molecule has 0 aliphatic rings. The third kappa shape index (κ3) is 4.79. The minimum atomic E-state index is -0.150. The van der Waals surface area contributed by atoms with Gasteiger partial charge in [-0.3, -0.25) is 4.79 Å². The van der Waals surface area contributed by atoms with E-state index in [9.17, 15) is 4.79 Å². The Bertz CT molecular complexity index is 517. The Balaban J connectivity index is 0.00000180. The van der Waals surface area contributed by atoms with Crippen LogP contribution in [-0.4, -0.2) is 30.5 Å². The van der Waals surface area contributed by atoms with Crippen molar-refractivity contribution in [2.75, 3.05) is 13.6 Å². The average molecular weight is 338 g/mol. The number of rotatable bonds is 5. The second-order valence-electron chi connectivity index (χ2n) is 3.95. The molecule has 1 atom stereocenters. The molecule has 0 aliphatic carbocycles. The summed E-state index contributed by atoms with van der Waals surface area (Å²) < 4.78 is 4.99. The predicted octanol–water partition coefficient (Wildman–Crippen LogP) is 2.58. The lowest BCUT2D eigenvalue weighted by molar-refractivity contribution is 0.0946. The van der Waals surface area contributed by atoms with Gasteiger partial charge in [0.2, 0.25) is 0 Å². The molecule has 0 radical (unpaired) electrons. The lowest BCUT2D eigenvalue weighted by atomic mass is 10.3. The van der Waals surface area contributed by atoms with Gasteiger partial charge in [-0.05, 0) is 20.0 Å². The molecule has 0 saturated carbocycles. The number of furan rings is 1. The minimum absolute atomic E-state index is 0. The number of hydrogen-bond acceptors (Lipinski definition) is 5. The van der Waals surface area contributed by atoms with Crippen molar-refractivity contribution < 1.29 is 9.21 Å². The highest BCUT2D eigenvalue weighted by molar-refractivity contribution is 7.13. The van der Waals surface area contributed by atoms with E-state index in [1.807, 2.05) is 20.0 Å². The molecule has 5 nitrogen and oxygen atoms in total. The first kappa shape index (κ1) is 18.9. The summed E-state index contributed by atoms with van der Waals surface area (Å²) in [4.78, 5) is 16.1. The van der Waals surface area contributed by atoms with Crippen LogP contribution in [0.5, 0.6) is 0 Å². The number of aromatic nitrogens is 1. The highest BCUT2D eigenvalue weighted by Crippen LogP contribution is 2.23. The van der Waals surface area contributed by atoms with Crippen LogP contribution in [0.2, 0.25) is 0 Å². The number of nitrogens with zero attached hydrogens (tertiary/aromatic N) is 1. The first-order chi connectivity index (χ1) is 8.70. The third-order valence-electron chi connectivity index (χ3n) is 2.57. The zero-order valence-corrected chi connectivity index (χ0v) is 13.5. The van der Waals surface area contributed by atoms with E-state index >= 15 is 0 Å². The van der Waals surface area contributed by atoms with Gasteiger partial charge in [0, 0.05) is 23.5 Å². The van der Waals surface area contributed by atoms with Crippen molar-refractivity contribution >= 4 is 42.1 Å². The van der Waals surface area contributed by atoms with Gasteiger partial charge in [-0.2, -0.15) is 0 Å². The number of nitrogens with one attached hydrogen (secondary N) is 2. The van der Waals surface area contributed by atoms with Crippen LogP contribution in [0.1, 0.15) is 17.4 Å². The molecule has 112 valence electrons. The Morgan fingerprint density at radius 2 is 2.25 bits per heavy atom. The van der Waals surface area contributed by atoms with E-state index in [-0.39, 0.29) is 36.8 Å². The Morgan fingerprint density at radius 3 is 2.85 bits per heavy atom. The molecule has 0 aromatic carbocycles. The summed E-state index contributed by atoms with van der Waals surface area (Å²) in [6, 6.07) is 2.06. The standard InChI is InChI=1S/C12H15N3O2S.2ClH/c1-8(13-2)5-14-11(16)10-7-18-12(15-10)9-3-4-17-6-9;;/h3-4,6-8,13H,5H2,1-2H3,(H,14,16);2*1H. The molecule has 0 saturated heterocycles. The monoisotopic (exact) mass is 337 g/mol. The Kier molecular flexibility index (Phi) is 8.48. The summed E-state index contributed by atoms with van der Waals surface area (Å²) in [5, 5.41) is 8.42. The summed E-state index contributed by atoms with van der Waals surface area (Å²) in [6.07, 6.45) is 3.20. The summed E-state index contributed by atoms with van der Waals surface area (Å²) in [6.45, 7) is 2.58. The number of thiazole rings is 1. The van der Waals surface area contributed by atoms with Crippen molar-refractivity contribution in [3.05, 3.63) is 29.7 Å². The highest BCUT2D eigenvalue weighted by atomic mass is 35.5. The van der Waals surface area contributed by atoms with Crippen molar-refractivity contribution in [3.8, 4) is 10.6 Å². The first-order valence-electron chi connectivity index (χ1n) is 5.64. The zero-order chi connectivity index (χ0) is 13.0. The smallest absolute Gasteiger partial charge is 0.270 e. The molecular formula is C12H17Cl2N3O2S. The second kappa shape index (κ2) is 8.97. The predicted molar refractivity (Wildman–Crippen MR) is 85.2 cm³/mol. The van der Waals surface area contributed by atoms with Gasteiger partial charge in [-0.25, -0.2) is 4.98 Å². The Morgan fingerprint density at radius 1 is 1.50 bits per heavy atom. The molecule has 2 aromatic rings. The highest BCUT2D eigenvalue weighted by Gasteiger charge is 2.12. The van der Waals surface area contributed by atoms with Crippen LogP contribution in [0.25, 0.3) is 10.6 Å². The van der Waals surface area contributed by atoms with Crippen molar-refractivity contribution in [1.29, 1.82) is 0 Å². The van der Waals surface area contributed by atoms with E-state index < -0.39 is 0 Å². The lowest BCUT2D eigenvalue weighted by Gasteiger charge is -2.10. The minimum Gasteiger partial charge on any atom is -0.472 e. The summed E-state index contributed by atoms with van der Waals surface area (Å²) in [5.41, 5.74) is 1.34. The van der Waals surface area contributed by atoms with Gasteiger partial charge in [0.1, 0.15) is 17.0 Å². The van der Waals surface area contributed by atoms with Crippen molar-refractivity contribution in [1.82, 2.24) is 15.6 Å². The molecule has 2 N–H and O–H groups in total. The van der Waals surface area contributed by atoms with Gasteiger partial charge in [0.05, 0.1) is 6.26 Å². The maximum atomic E-state index is 11.8.